The number of nitrogens with one attached hydrogen (secondary N) is 1. The fourth-order valence-corrected chi connectivity index (χ4v) is 4.04. The van der Waals surface area contributed by atoms with Crippen molar-refractivity contribution in [3.63, 3.8) is 0 Å². The maximum atomic E-state index is 9.97. The Labute approximate surface area is 179 Å². The highest BCUT2D eigenvalue weighted by Crippen LogP contribution is 2.23. The van der Waals surface area contributed by atoms with Crippen LogP contribution in [-0.2, 0) is 0 Å². The monoisotopic (exact) mass is 459 g/mol. The third-order valence-corrected chi connectivity index (χ3v) is 5.74. The number of hydrogen-bond donors (Lipinski definition) is 2. The number of nitrogens with zero attached hydrogens (tertiary/aromatic N) is 6. The summed E-state index contributed by atoms with van der Waals surface area (Å²) in [4.78, 5) is 18.4. The molecule has 2 saturated heterocycles. The van der Waals surface area contributed by atoms with Crippen LogP contribution < -0.4 is 15.2 Å². The Kier molecular flexibility index (Phi) is 6.43. The number of aromatic nitrogens is 3. The third-order valence-electron chi connectivity index (χ3n) is 5.25. The second-order valence-electron chi connectivity index (χ2n) is 7.43. The minimum Gasteiger partial charge on any atom is -0.507 e. The summed E-state index contributed by atoms with van der Waals surface area (Å²) in [6, 6.07) is 5.20. The molecule has 29 heavy (non-hydrogen) atoms. The second-order valence-corrected chi connectivity index (χ2v) is 8.34. The SMILES string of the molecule is Oc1ccc(Br)cc1C=NNc1nc(N2CCCCC2)nc(N2CCCCC2)n1. The Morgan fingerprint density at radius 2 is 1.48 bits per heavy atom. The van der Waals surface area contributed by atoms with E-state index < -0.39 is 0 Å². The van der Waals surface area contributed by atoms with Gasteiger partial charge in [0.15, 0.2) is 0 Å². The minimum atomic E-state index is 0.164. The van der Waals surface area contributed by atoms with E-state index in [4.69, 9.17) is 4.98 Å². The van der Waals surface area contributed by atoms with Gasteiger partial charge in [0.05, 0.1) is 6.21 Å². The van der Waals surface area contributed by atoms with Gasteiger partial charge in [-0.3, -0.25) is 0 Å². The molecule has 2 aliphatic heterocycles. The number of benzene rings is 1. The maximum absolute atomic E-state index is 9.97. The summed E-state index contributed by atoms with van der Waals surface area (Å²) in [5, 5.41) is 14.2. The van der Waals surface area contributed by atoms with Crippen LogP contribution in [0.2, 0.25) is 0 Å². The molecule has 0 aliphatic carbocycles. The van der Waals surface area contributed by atoms with E-state index in [0.717, 1.165) is 56.3 Å². The highest BCUT2D eigenvalue weighted by atomic mass is 79.9. The Morgan fingerprint density at radius 3 is 2.07 bits per heavy atom. The van der Waals surface area contributed by atoms with Crippen LogP contribution in [0.5, 0.6) is 5.75 Å². The van der Waals surface area contributed by atoms with Crippen molar-refractivity contribution in [3.8, 4) is 5.75 Å². The van der Waals surface area contributed by atoms with Gasteiger partial charge in [-0.15, -0.1) is 0 Å². The molecule has 0 bridgehead atoms. The molecular formula is C20H26BrN7O. The van der Waals surface area contributed by atoms with Gasteiger partial charge in [-0.05, 0) is 56.7 Å². The molecule has 2 N–H and O–H groups in total. The van der Waals surface area contributed by atoms with Crippen LogP contribution in [0, 0.1) is 0 Å². The van der Waals surface area contributed by atoms with Crippen molar-refractivity contribution >= 4 is 40.0 Å². The second kappa shape index (κ2) is 9.39. The fourth-order valence-electron chi connectivity index (χ4n) is 3.66. The van der Waals surface area contributed by atoms with Gasteiger partial charge < -0.3 is 14.9 Å². The lowest BCUT2D eigenvalue weighted by Crippen LogP contribution is -2.34. The van der Waals surface area contributed by atoms with Crippen LogP contribution in [0.25, 0.3) is 0 Å². The summed E-state index contributed by atoms with van der Waals surface area (Å²) < 4.78 is 0.872. The first kappa shape index (κ1) is 19.9. The lowest BCUT2D eigenvalue weighted by atomic mass is 10.1. The van der Waals surface area contributed by atoms with Crippen LogP contribution in [0.3, 0.4) is 0 Å². The van der Waals surface area contributed by atoms with Gasteiger partial charge in [-0.25, -0.2) is 5.43 Å². The smallest absolute Gasteiger partial charge is 0.250 e. The Balaban J connectivity index is 1.57. The molecule has 0 amide bonds. The fraction of sp³-hybridized carbons (Fsp3) is 0.500. The summed E-state index contributed by atoms with van der Waals surface area (Å²) in [6.07, 6.45) is 8.71. The van der Waals surface area contributed by atoms with E-state index in [2.05, 4.69) is 46.2 Å². The zero-order chi connectivity index (χ0) is 20.1. The van der Waals surface area contributed by atoms with Crippen molar-refractivity contribution in [2.24, 2.45) is 5.10 Å². The van der Waals surface area contributed by atoms with Crippen molar-refractivity contribution in [1.29, 1.82) is 0 Å². The van der Waals surface area contributed by atoms with Crippen LogP contribution in [-0.4, -0.2) is 52.5 Å². The maximum Gasteiger partial charge on any atom is 0.250 e. The van der Waals surface area contributed by atoms with Crippen molar-refractivity contribution in [2.45, 2.75) is 38.5 Å². The number of anilines is 3. The Bertz CT molecular complexity index is 828. The van der Waals surface area contributed by atoms with E-state index in [-0.39, 0.29) is 5.75 Å². The summed E-state index contributed by atoms with van der Waals surface area (Å²) in [5.41, 5.74) is 3.53. The van der Waals surface area contributed by atoms with Crippen LogP contribution in [0.1, 0.15) is 44.1 Å². The highest BCUT2D eigenvalue weighted by molar-refractivity contribution is 9.10. The standard InChI is InChI=1S/C20H26BrN7O/c21-16-7-8-17(29)15(13-16)14-22-26-18-23-19(27-9-3-1-4-10-27)25-20(24-18)28-11-5-2-6-12-28/h7-8,13-14,29H,1-6,9-12H2,(H,23,24,25,26). The largest absolute Gasteiger partial charge is 0.507 e. The first-order valence-electron chi connectivity index (χ1n) is 10.2. The number of phenols is 1. The molecule has 1 aromatic carbocycles. The molecule has 0 radical (unpaired) electrons. The number of aromatic hydroxyl groups is 1. The molecule has 0 spiro atoms. The van der Waals surface area contributed by atoms with E-state index in [1.165, 1.54) is 12.8 Å². The van der Waals surface area contributed by atoms with Gasteiger partial charge in [-0.1, -0.05) is 15.9 Å². The molecule has 4 rings (SSSR count). The van der Waals surface area contributed by atoms with E-state index in [9.17, 15) is 5.11 Å². The number of hydrogen-bond acceptors (Lipinski definition) is 8. The van der Waals surface area contributed by atoms with Gasteiger partial charge >= 0.3 is 0 Å². The van der Waals surface area contributed by atoms with Crippen LogP contribution >= 0.6 is 15.9 Å². The normalized spacial score (nSPS) is 17.7. The number of phenolic OH excluding ortho intramolecular Hbond substituents is 1. The molecule has 154 valence electrons. The summed E-state index contributed by atoms with van der Waals surface area (Å²) in [6.45, 7) is 3.88. The quantitative estimate of drug-likeness (QED) is 0.519. The summed E-state index contributed by atoms with van der Waals surface area (Å²) in [7, 11) is 0. The van der Waals surface area contributed by atoms with Crippen molar-refractivity contribution in [2.75, 3.05) is 41.4 Å². The van der Waals surface area contributed by atoms with E-state index >= 15 is 0 Å². The van der Waals surface area contributed by atoms with Crippen molar-refractivity contribution in [1.82, 2.24) is 15.0 Å². The number of rotatable bonds is 5. The molecule has 3 heterocycles. The van der Waals surface area contributed by atoms with Crippen LogP contribution in [0.15, 0.2) is 27.8 Å². The lowest BCUT2D eigenvalue weighted by molar-refractivity contribution is 0.474. The average molecular weight is 460 g/mol. The van der Waals surface area contributed by atoms with Crippen molar-refractivity contribution < 1.29 is 5.11 Å². The molecular weight excluding hydrogens is 434 g/mol. The molecule has 0 unspecified atom stereocenters. The predicted octanol–water partition coefficient (Wildman–Crippen LogP) is 3.77. The molecule has 8 nitrogen and oxygen atoms in total. The van der Waals surface area contributed by atoms with Gasteiger partial charge in [0.25, 0.3) is 0 Å². The van der Waals surface area contributed by atoms with Crippen LogP contribution in [0.4, 0.5) is 17.8 Å². The molecule has 2 fully saturated rings. The molecule has 0 saturated carbocycles. The average Bonchev–Trinajstić information content (AvgIpc) is 2.77. The minimum absolute atomic E-state index is 0.164. The molecule has 0 atom stereocenters. The predicted molar refractivity (Wildman–Crippen MR) is 119 cm³/mol. The highest BCUT2D eigenvalue weighted by Gasteiger charge is 2.20. The first-order valence-corrected chi connectivity index (χ1v) is 11.0. The molecule has 2 aromatic rings. The van der Waals surface area contributed by atoms with E-state index in [1.807, 2.05) is 0 Å². The lowest BCUT2D eigenvalue weighted by Gasteiger charge is -2.30. The van der Waals surface area contributed by atoms with Crippen molar-refractivity contribution in [3.05, 3.63) is 28.2 Å². The first-order chi connectivity index (χ1) is 14.2. The Morgan fingerprint density at radius 1 is 0.897 bits per heavy atom. The van der Waals surface area contributed by atoms with Gasteiger partial charge in [0.1, 0.15) is 5.75 Å². The van der Waals surface area contributed by atoms with Gasteiger partial charge in [0.2, 0.25) is 17.8 Å². The number of piperidine rings is 2. The molecule has 9 heteroatoms. The van der Waals surface area contributed by atoms with E-state index in [0.29, 0.717) is 23.4 Å². The van der Waals surface area contributed by atoms with Gasteiger partial charge in [0, 0.05) is 36.2 Å². The topological polar surface area (TPSA) is 89.8 Å². The third kappa shape index (κ3) is 5.14. The van der Waals surface area contributed by atoms with Gasteiger partial charge in [-0.2, -0.15) is 20.1 Å². The number of halogens is 1. The Hall–Kier alpha value is -2.42. The zero-order valence-electron chi connectivity index (χ0n) is 16.4. The summed E-state index contributed by atoms with van der Waals surface area (Å²) >= 11 is 3.40. The summed E-state index contributed by atoms with van der Waals surface area (Å²) in [5.74, 6) is 2.01. The van der Waals surface area contributed by atoms with E-state index in [1.54, 1.807) is 24.4 Å². The molecule has 2 aliphatic rings. The zero-order valence-corrected chi connectivity index (χ0v) is 18.0. The molecule has 1 aromatic heterocycles. The number of hydrazone groups is 1.